The first-order valence-electron chi connectivity index (χ1n) is 3.85. The van der Waals surface area contributed by atoms with Crippen LogP contribution in [0.25, 0.3) is 10.9 Å². The molecule has 0 bridgehead atoms. The number of halogens is 1. The molecule has 0 unspecified atom stereocenters. The normalized spacial score (nSPS) is 12.1. The van der Waals surface area contributed by atoms with Gasteiger partial charge in [0, 0.05) is 23.1 Å². The fourth-order valence-electron chi connectivity index (χ4n) is 1.36. The molecule has 4 nitrogen and oxygen atoms in total. The van der Waals surface area contributed by atoms with Gasteiger partial charge in [0.1, 0.15) is 0 Å². The summed E-state index contributed by atoms with van der Waals surface area (Å²) in [6, 6.07) is 4.89. The average molecular weight is 231 g/mol. The molecule has 2 aromatic rings. The Balaban J connectivity index is 2.92. The van der Waals surface area contributed by atoms with Crippen molar-refractivity contribution in [2.45, 2.75) is 4.90 Å². The van der Waals surface area contributed by atoms with Crippen molar-refractivity contribution in [2.24, 2.45) is 7.05 Å². The molecule has 14 heavy (non-hydrogen) atoms. The van der Waals surface area contributed by atoms with Crippen molar-refractivity contribution in [3.8, 4) is 0 Å². The van der Waals surface area contributed by atoms with E-state index in [9.17, 15) is 8.42 Å². The quantitative estimate of drug-likeness (QED) is 0.698. The summed E-state index contributed by atoms with van der Waals surface area (Å²) < 4.78 is 24.0. The van der Waals surface area contributed by atoms with Gasteiger partial charge in [-0.05, 0) is 12.1 Å². The van der Waals surface area contributed by atoms with Crippen molar-refractivity contribution in [1.82, 2.24) is 9.78 Å². The minimum Gasteiger partial charge on any atom is -0.268 e. The van der Waals surface area contributed by atoms with Crippen LogP contribution in [0.2, 0.25) is 0 Å². The third-order valence-electron chi connectivity index (χ3n) is 2.01. The monoisotopic (exact) mass is 230 g/mol. The van der Waals surface area contributed by atoms with Crippen molar-refractivity contribution in [3.63, 3.8) is 0 Å². The van der Waals surface area contributed by atoms with Gasteiger partial charge in [-0.3, -0.25) is 4.68 Å². The minimum atomic E-state index is -3.70. The highest BCUT2D eigenvalue weighted by atomic mass is 35.7. The first kappa shape index (κ1) is 9.48. The molecule has 0 aliphatic heterocycles. The Kier molecular flexibility index (Phi) is 2.01. The van der Waals surface area contributed by atoms with Crippen LogP contribution < -0.4 is 0 Å². The molecular formula is C8H7ClN2O2S. The maximum atomic E-state index is 11.2. The summed E-state index contributed by atoms with van der Waals surface area (Å²) in [6.45, 7) is 0. The van der Waals surface area contributed by atoms with E-state index >= 15 is 0 Å². The zero-order valence-electron chi connectivity index (χ0n) is 7.31. The standard InChI is InChI=1S/C8H7ClN2O2S/c1-11-7-3-2-4-8(14(9,12)13)6(7)5-10-11/h2-5H,1H3. The van der Waals surface area contributed by atoms with Gasteiger partial charge >= 0.3 is 0 Å². The van der Waals surface area contributed by atoms with E-state index in [2.05, 4.69) is 5.10 Å². The lowest BCUT2D eigenvalue weighted by Crippen LogP contribution is -1.92. The van der Waals surface area contributed by atoms with Crippen LogP contribution in [0.3, 0.4) is 0 Å². The van der Waals surface area contributed by atoms with Crippen molar-refractivity contribution in [1.29, 1.82) is 0 Å². The lowest BCUT2D eigenvalue weighted by Gasteiger charge is -1.98. The number of hydrogen-bond acceptors (Lipinski definition) is 3. The lowest BCUT2D eigenvalue weighted by molar-refractivity contribution is 0.610. The van der Waals surface area contributed by atoms with Gasteiger partial charge < -0.3 is 0 Å². The number of nitrogens with zero attached hydrogens (tertiary/aromatic N) is 2. The zero-order valence-corrected chi connectivity index (χ0v) is 8.88. The molecule has 0 amide bonds. The molecule has 0 saturated heterocycles. The number of hydrogen-bond donors (Lipinski definition) is 0. The van der Waals surface area contributed by atoms with Crippen LogP contribution in [0.5, 0.6) is 0 Å². The van der Waals surface area contributed by atoms with Gasteiger partial charge in [-0.15, -0.1) is 0 Å². The first-order chi connectivity index (χ1) is 6.50. The highest BCUT2D eigenvalue weighted by Crippen LogP contribution is 2.24. The van der Waals surface area contributed by atoms with Crippen LogP contribution >= 0.6 is 10.7 Å². The number of fused-ring (bicyclic) bond motifs is 1. The van der Waals surface area contributed by atoms with Crippen LogP contribution in [0.15, 0.2) is 29.3 Å². The maximum Gasteiger partial charge on any atom is 0.262 e. The molecule has 74 valence electrons. The van der Waals surface area contributed by atoms with Gasteiger partial charge in [0.15, 0.2) is 0 Å². The molecule has 0 spiro atoms. The van der Waals surface area contributed by atoms with E-state index in [4.69, 9.17) is 10.7 Å². The van der Waals surface area contributed by atoms with E-state index in [0.29, 0.717) is 5.39 Å². The topological polar surface area (TPSA) is 52.0 Å². The molecule has 0 radical (unpaired) electrons. The van der Waals surface area contributed by atoms with E-state index in [0.717, 1.165) is 5.52 Å². The Bertz CT molecular complexity index is 588. The van der Waals surface area contributed by atoms with Gasteiger partial charge in [-0.25, -0.2) is 8.42 Å². The number of aryl methyl sites for hydroxylation is 1. The number of rotatable bonds is 1. The minimum absolute atomic E-state index is 0.102. The third-order valence-corrected chi connectivity index (χ3v) is 3.39. The molecule has 0 saturated carbocycles. The van der Waals surface area contributed by atoms with Crippen LogP contribution in [0, 0.1) is 0 Å². The predicted octanol–water partition coefficient (Wildman–Crippen LogP) is 1.50. The Labute approximate surface area is 85.5 Å². The highest BCUT2D eigenvalue weighted by Gasteiger charge is 2.15. The van der Waals surface area contributed by atoms with Crippen LogP contribution in [0.1, 0.15) is 0 Å². The zero-order chi connectivity index (χ0) is 10.3. The van der Waals surface area contributed by atoms with Gasteiger partial charge in [-0.2, -0.15) is 5.10 Å². The lowest BCUT2D eigenvalue weighted by atomic mass is 10.2. The fourth-order valence-corrected chi connectivity index (χ4v) is 2.43. The van der Waals surface area contributed by atoms with Gasteiger partial charge in [-0.1, -0.05) is 6.07 Å². The molecule has 0 aliphatic rings. The second-order valence-electron chi connectivity index (χ2n) is 2.89. The molecule has 0 atom stereocenters. The molecule has 1 aromatic carbocycles. The summed E-state index contributed by atoms with van der Waals surface area (Å²) >= 11 is 0. The van der Waals surface area contributed by atoms with E-state index in [1.807, 2.05) is 0 Å². The van der Waals surface area contributed by atoms with Gasteiger partial charge in [0.2, 0.25) is 0 Å². The summed E-state index contributed by atoms with van der Waals surface area (Å²) in [4.78, 5) is 0.102. The first-order valence-corrected chi connectivity index (χ1v) is 6.16. The molecule has 1 aromatic heterocycles. The smallest absolute Gasteiger partial charge is 0.262 e. The van der Waals surface area contributed by atoms with Crippen LogP contribution in [-0.4, -0.2) is 18.2 Å². The molecule has 2 rings (SSSR count). The second-order valence-corrected chi connectivity index (χ2v) is 5.43. The SMILES string of the molecule is Cn1ncc2c(S(=O)(=O)Cl)cccc21. The Morgan fingerprint density at radius 3 is 2.79 bits per heavy atom. The molecule has 0 aliphatic carbocycles. The third kappa shape index (κ3) is 1.38. The summed E-state index contributed by atoms with van der Waals surface area (Å²) in [5, 5.41) is 4.51. The Morgan fingerprint density at radius 1 is 1.43 bits per heavy atom. The summed E-state index contributed by atoms with van der Waals surface area (Å²) in [5.74, 6) is 0. The molecule has 0 fully saturated rings. The number of benzene rings is 1. The highest BCUT2D eigenvalue weighted by molar-refractivity contribution is 8.14. The van der Waals surface area contributed by atoms with E-state index in [1.54, 1.807) is 23.9 Å². The van der Waals surface area contributed by atoms with E-state index in [-0.39, 0.29) is 4.90 Å². The van der Waals surface area contributed by atoms with Crippen molar-refractivity contribution >= 4 is 30.6 Å². The predicted molar refractivity (Wildman–Crippen MR) is 53.8 cm³/mol. The van der Waals surface area contributed by atoms with Crippen LogP contribution in [0.4, 0.5) is 0 Å². The number of aromatic nitrogens is 2. The van der Waals surface area contributed by atoms with Crippen molar-refractivity contribution in [2.75, 3.05) is 0 Å². The second kappa shape index (κ2) is 2.96. The molecular weight excluding hydrogens is 224 g/mol. The maximum absolute atomic E-state index is 11.2. The summed E-state index contributed by atoms with van der Waals surface area (Å²) in [7, 11) is 3.33. The summed E-state index contributed by atoms with van der Waals surface area (Å²) in [6.07, 6.45) is 1.49. The average Bonchev–Trinajstić information content (AvgIpc) is 2.46. The molecule has 0 N–H and O–H groups in total. The van der Waals surface area contributed by atoms with Crippen LogP contribution in [-0.2, 0) is 16.1 Å². The van der Waals surface area contributed by atoms with E-state index < -0.39 is 9.05 Å². The fraction of sp³-hybridized carbons (Fsp3) is 0.125. The molecule has 6 heteroatoms. The Morgan fingerprint density at radius 2 is 2.14 bits per heavy atom. The van der Waals surface area contributed by atoms with Crippen molar-refractivity contribution < 1.29 is 8.42 Å². The largest absolute Gasteiger partial charge is 0.268 e. The van der Waals surface area contributed by atoms with Gasteiger partial charge in [0.05, 0.1) is 16.6 Å². The Hall–Kier alpha value is -1.07. The molecule has 1 heterocycles. The van der Waals surface area contributed by atoms with E-state index in [1.165, 1.54) is 12.3 Å². The summed E-state index contributed by atoms with van der Waals surface area (Å²) in [5.41, 5.74) is 0.742. The van der Waals surface area contributed by atoms with Crippen molar-refractivity contribution in [3.05, 3.63) is 24.4 Å². The van der Waals surface area contributed by atoms with Gasteiger partial charge in [0.25, 0.3) is 9.05 Å².